The van der Waals surface area contributed by atoms with Gasteiger partial charge in [0.2, 0.25) is 0 Å². The first-order chi connectivity index (χ1) is 19.8. The van der Waals surface area contributed by atoms with Crippen LogP contribution in [0.15, 0.2) is 78.9 Å². The van der Waals surface area contributed by atoms with Crippen molar-refractivity contribution in [2.75, 3.05) is 0 Å². The molecule has 5 rings (SSSR count). The van der Waals surface area contributed by atoms with Gasteiger partial charge in [0.05, 0.1) is 11.4 Å². The van der Waals surface area contributed by atoms with Gasteiger partial charge in [-0.1, -0.05) is 96.9 Å². The average Bonchev–Trinajstić information content (AvgIpc) is 3.45. The zero-order valence-electron chi connectivity index (χ0n) is 24.1. The van der Waals surface area contributed by atoms with Gasteiger partial charge in [-0.25, -0.2) is 4.79 Å². The molecule has 0 bridgehead atoms. The molecule has 0 saturated heterocycles. The minimum Gasteiger partial charge on any atom is -0.456 e. The topological polar surface area (TPSA) is 46.5 Å². The number of halogens is 4. The van der Waals surface area contributed by atoms with Crippen molar-refractivity contribution in [2.24, 2.45) is 0 Å². The number of nitrogens with zero attached hydrogens (tertiary/aromatic N) is 1. The highest BCUT2D eigenvalue weighted by atomic mass is 35.5. The van der Waals surface area contributed by atoms with E-state index >= 15 is 0 Å². The molecule has 0 spiro atoms. The second-order valence-electron chi connectivity index (χ2n) is 11.4. The Morgan fingerprint density at radius 2 is 1.57 bits per heavy atom. The quantitative estimate of drug-likeness (QED) is 0.199. The summed E-state index contributed by atoms with van der Waals surface area (Å²) in [6.45, 7) is 8.95. The van der Waals surface area contributed by atoms with Crippen LogP contribution in [0, 0.1) is 6.92 Å². The first-order valence-electron chi connectivity index (χ1n) is 13.8. The molecule has 0 aliphatic carbocycles. The largest absolute Gasteiger partial charge is 0.456 e. The van der Waals surface area contributed by atoms with Gasteiger partial charge in [-0.15, -0.1) is 0 Å². The molecule has 1 atom stereocenters. The summed E-state index contributed by atoms with van der Waals surface area (Å²) in [7, 11) is 0. The van der Waals surface area contributed by atoms with E-state index in [9.17, 15) is 18.0 Å². The number of carbonyl (C=O) groups is 1. The lowest BCUT2D eigenvalue weighted by Crippen LogP contribution is -2.25. The number of imidazole rings is 1. The number of ether oxygens (including phenoxy) is 1. The van der Waals surface area contributed by atoms with Crippen molar-refractivity contribution >= 4 is 23.2 Å². The van der Waals surface area contributed by atoms with Crippen molar-refractivity contribution in [3.63, 3.8) is 0 Å². The number of alkyl halides is 3. The normalized spacial score (nSPS) is 13.0. The maximum atomic E-state index is 14.5. The zero-order chi connectivity index (χ0) is 30.4. The van der Waals surface area contributed by atoms with Gasteiger partial charge >= 0.3 is 12.1 Å². The molecule has 3 aromatic carbocycles. The van der Waals surface area contributed by atoms with Crippen LogP contribution in [0.3, 0.4) is 0 Å². The molecule has 8 heteroatoms. The zero-order valence-corrected chi connectivity index (χ0v) is 24.8. The van der Waals surface area contributed by atoms with Crippen LogP contribution in [-0.4, -0.2) is 21.0 Å². The van der Waals surface area contributed by atoms with Crippen LogP contribution in [-0.2, 0) is 10.9 Å². The van der Waals surface area contributed by atoms with Crippen LogP contribution >= 0.6 is 11.6 Å². The molecule has 0 radical (unpaired) electrons. The van der Waals surface area contributed by atoms with Crippen molar-refractivity contribution in [2.45, 2.75) is 58.7 Å². The summed E-state index contributed by atoms with van der Waals surface area (Å²) in [6.07, 6.45) is -4.08. The van der Waals surface area contributed by atoms with E-state index in [4.69, 9.17) is 16.3 Å². The Morgan fingerprint density at radius 3 is 2.17 bits per heavy atom. The standard InChI is InChI=1S/C34H32ClF3N2O2/c1-6-25(21-17-15-20(2)16-18-21)23-13-10-14-24(19-23)29-28(22-11-8-7-9-12-22)39-31-26(32(41)42-33(3,4)5)27(34(36,37)38)30(35)40(29)31/h7-19,25,39H,6H2,1-5H3. The molecular weight excluding hydrogens is 561 g/mol. The third-order valence-corrected chi connectivity index (χ3v) is 7.57. The molecule has 2 heterocycles. The van der Waals surface area contributed by atoms with Crippen molar-refractivity contribution in [1.82, 2.24) is 9.38 Å². The number of aromatic amines is 1. The lowest BCUT2D eigenvalue weighted by molar-refractivity contribution is -0.138. The highest BCUT2D eigenvalue weighted by Crippen LogP contribution is 2.46. The molecule has 0 amide bonds. The Bertz CT molecular complexity index is 1740. The Labute approximate surface area is 248 Å². The smallest absolute Gasteiger partial charge is 0.420 e. The number of nitrogens with one attached hydrogen (secondary N) is 1. The molecule has 42 heavy (non-hydrogen) atoms. The number of aryl methyl sites for hydroxylation is 1. The summed E-state index contributed by atoms with van der Waals surface area (Å²) in [5, 5.41) is -0.609. The van der Waals surface area contributed by atoms with E-state index in [2.05, 4.69) is 36.2 Å². The summed E-state index contributed by atoms with van der Waals surface area (Å²) in [5.41, 5.74) is 2.69. The monoisotopic (exact) mass is 592 g/mol. The van der Waals surface area contributed by atoms with Crippen molar-refractivity contribution in [3.8, 4) is 22.5 Å². The number of rotatable bonds is 6. The minimum absolute atomic E-state index is 0.0725. The fourth-order valence-corrected chi connectivity index (χ4v) is 5.77. The molecule has 4 nitrogen and oxygen atoms in total. The molecule has 218 valence electrons. The molecule has 0 aliphatic heterocycles. The first kappa shape index (κ1) is 29.5. The highest BCUT2D eigenvalue weighted by molar-refractivity contribution is 6.32. The van der Waals surface area contributed by atoms with E-state index in [1.165, 1.54) is 4.40 Å². The van der Waals surface area contributed by atoms with Crippen molar-refractivity contribution in [1.29, 1.82) is 0 Å². The summed E-state index contributed by atoms with van der Waals surface area (Å²) < 4.78 is 50.2. The SMILES string of the molecule is CCC(c1ccc(C)cc1)c1cccc(-c2c(-c3ccccc3)[nH]c3c(C(=O)OC(C)(C)C)c(C(F)(F)F)c(Cl)n23)c1. The second-order valence-corrected chi connectivity index (χ2v) is 11.8. The molecule has 5 aromatic rings. The number of benzene rings is 3. The number of esters is 1. The second kappa shape index (κ2) is 11.0. The Hall–Kier alpha value is -3.97. The van der Waals surface area contributed by atoms with Crippen LogP contribution in [0.25, 0.3) is 28.2 Å². The minimum atomic E-state index is -4.90. The summed E-state index contributed by atoms with van der Waals surface area (Å²) in [5.74, 6) is -1.03. The molecule has 1 N–H and O–H groups in total. The predicted molar refractivity (Wildman–Crippen MR) is 161 cm³/mol. The first-order valence-corrected chi connectivity index (χ1v) is 14.2. The number of aromatic nitrogens is 2. The Kier molecular flexibility index (Phi) is 7.75. The lowest BCUT2D eigenvalue weighted by atomic mass is 9.87. The van der Waals surface area contributed by atoms with Gasteiger partial charge in [0, 0.05) is 17.0 Å². The van der Waals surface area contributed by atoms with E-state index in [0.717, 1.165) is 28.7 Å². The van der Waals surface area contributed by atoms with Gasteiger partial charge in [0.1, 0.15) is 27.5 Å². The molecule has 1 unspecified atom stereocenters. The van der Waals surface area contributed by atoms with Crippen LogP contribution < -0.4 is 0 Å². The Morgan fingerprint density at radius 1 is 0.929 bits per heavy atom. The molecular formula is C34H32ClF3N2O2. The highest BCUT2D eigenvalue weighted by Gasteiger charge is 2.44. The fraction of sp³-hybridized carbons (Fsp3) is 0.265. The van der Waals surface area contributed by atoms with E-state index in [1.807, 2.05) is 61.5 Å². The molecule has 2 aromatic heterocycles. The van der Waals surface area contributed by atoms with Crippen LogP contribution in [0.1, 0.15) is 72.6 Å². The third-order valence-electron chi connectivity index (χ3n) is 7.22. The fourth-order valence-electron chi connectivity index (χ4n) is 5.40. The average molecular weight is 593 g/mol. The number of carbonyl (C=O) groups excluding carboxylic acids is 1. The predicted octanol–water partition coefficient (Wildman–Crippen LogP) is 10.1. The van der Waals surface area contributed by atoms with Crippen molar-refractivity contribution < 1.29 is 22.7 Å². The van der Waals surface area contributed by atoms with Crippen LogP contribution in [0.2, 0.25) is 5.15 Å². The number of hydrogen-bond acceptors (Lipinski definition) is 2. The van der Waals surface area contributed by atoms with Gasteiger partial charge in [0.25, 0.3) is 0 Å². The summed E-state index contributed by atoms with van der Waals surface area (Å²) >= 11 is 6.57. The number of H-pyrrole nitrogens is 1. The van der Waals surface area contributed by atoms with Crippen LogP contribution in [0.5, 0.6) is 0 Å². The summed E-state index contributed by atoms with van der Waals surface area (Å²) in [6, 6.07) is 25.3. The van der Waals surface area contributed by atoms with E-state index < -0.39 is 34.0 Å². The van der Waals surface area contributed by atoms with Gasteiger partial charge in [0.15, 0.2) is 0 Å². The van der Waals surface area contributed by atoms with E-state index in [1.54, 1.807) is 20.8 Å². The van der Waals surface area contributed by atoms with Crippen molar-refractivity contribution in [3.05, 3.63) is 112 Å². The van der Waals surface area contributed by atoms with E-state index in [-0.39, 0.29) is 11.6 Å². The van der Waals surface area contributed by atoms with Gasteiger partial charge in [-0.05, 0) is 51.3 Å². The Balaban J connectivity index is 1.81. The number of fused-ring (bicyclic) bond motifs is 1. The maximum absolute atomic E-state index is 14.5. The number of hydrogen-bond donors (Lipinski definition) is 1. The third kappa shape index (κ3) is 5.58. The summed E-state index contributed by atoms with van der Waals surface area (Å²) in [4.78, 5) is 16.4. The lowest BCUT2D eigenvalue weighted by Gasteiger charge is -2.20. The molecule has 0 fully saturated rings. The van der Waals surface area contributed by atoms with Crippen LogP contribution in [0.4, 0.5) is 13.2 Å². The van der Waals surface area contributed by atoms with Gasteiger partial charge in [-0.2, -0.15) is 13.2 Å². The van der Waals surface area contributed by atoms with Gasteiger partial charge in [-0.3, -0.25) is 4.40 Å². The van der Waals surface area contributed by atoms with Gasteiger partial charge < -0.3 is 9.72 Å². The maximum Gasteiger partial charge on any atom is 0.420 e. The molecule has 0 aliphatic rings. The molecule has 0 saturated carbocycles. The van der Waals surface area contributed by atoms with E-state index in [0.29, 0.717) is 17.0 Å².